The Morgan fingerprint density at radius 3 is 2.18 bits per heavy atom. The van der Waals surface area contributed by atoms with E-state index in [4.69, 9.17) is 9.47 Å². The summed E-state index contributed by atoms with van der Waals surface area (Å²) in [6.07, 6.45) is 5.37. The van der Waals surface area contributed by atoms with Crippen molar-refractivity contribution in [2.24, 2.45) is 0 Å². The molecule has 0 unspecified atom stereocenters. The third-order valence-electron chi connectivity index (χ3n) is 5.72. The molecule has 2 rings (SSSR count). The summed E-state index contributed by atoms with van der Waals surface area (Å²) in [5.74, 6) is -0.235. The predicted molar refractivity (Wildman–Crippen MR) is 151 cm³/mol. The molecule has 2 atom stereocenters. The van der Waals surface area contributed by atoms with Crippen molar-refractivity contribution in [3.63, 3.8) is 0 Å². The first-order chi connectivity index (χ1) is 17.7. The maximum absolute atomic E-state index is 13.7. The van der Waals surface area contributed by atoms with Crippen molar-refractivity contribution in [1.82, 2.24) is 14.8 Å². The van der Waals surface area contributed by atoms with E-state index in [-0.39, 0.29) is 18.4 Å². The van der Waals surface area contributed by atoms with Gasteiger partial charge >= 0.3 is 12.2 Å². The number of alkyl carbamates (subject to hydrolysis) is 1. The Balaban J connectivity index is 2.34. The fourth-order valence-electron chi connectivity index (χ4n) is 4.11. The monoisotopic (exact) mass is 525 g/mol. The minimum atomic E-state index is -0.822. The van der Waals surface area contributed by atoms with E-state index in [1.807, 2.05) is 52.0 Å². The molecule has 2 aromatic rings. The highest BCUT2D eigenvalue weighted by molar-refractivity contribution is 5.92. The average molecular weight is 526 g/mol. The van der Waals surface area contributed by atoms with Crippen LogP contribution >= 0.6 is 0 Å². The molecule has 8 heteroatoms. The number of benzene rings is 1. The molecule has 8 nitrogen and oxygen atoms in total. The molecule has 0 aliphatic rings. The van der Waals surface area contributed by atoms with Crippen molar-refractivity contribution in [3.05, 3.63) is 61.3 Å². The number of hydrogen-bond acceptors (Lipinski definition) is 5. The Kier molecular flexibility index (Phi) is 10.3. The molecule has 0 bridgehead atoms. The van der Waals surface area contributed by atoms with Gasteiger partial charge in [-0.1, -0.05) is 30.4 Å². The van der Waals surface area contributed by atoms with Crippen LogP contribution in [0.1, 0.15) is 66.9 Å². The molecule has 0 saturated carbocycles. The Morgan fingerprint density at radius 2 is 1.61 bits per heavy atom. The second-order valence-electron chi connectivity index (χ2n) is 11.4. The summed E-state index contributed by atoms with van der Waals surface area (Å²) in [5, 5.41) is 3.62. The normalized spacial score (nSPS) is 13.3. The maximum Gasteiger partial charge on any atom is 0.419 e. The molecule has 1 aromatic heterocycles. The van der Waals surface area contributed by atoms with Crippen molar-refractivity contribution < 1.29 is 23.9 Å². The van der Waals surface area contributed by atoms with Gasteiger partial charge in [0, 0.05) is 24.2 Å². The smallest absolute Gasteiger partial charge is 0.419 e. The summed E-state index contributed by atoms with van der Waals surface area (Å²) in [6, 6.07) is 6.63. The maximum atomic E-state index is 13.7. The van der Waals surface area contributed by atoms with Crippen LogP contribution in [-0.4, -0.2) is 57.4 Å². The summed E-state index contributed by atoms with van der Waals surface area (Å²) in [4.78, 5) is 40.8. The Labute approximate surface area is 226 Å². The molecule has 0 aliphatic heterocycles. The van der Waals surface area contributed by atoms with Gasteiger partial charge in [-0.3, -0.25) is 9.36 Å². The molecule has 0 saturated heterocycles. The summed E-state index contributed by atoms with van der Waals surface area (Å²) in [7, 11) is 0. The van der Waals surface area contributed by atoms with E-state index in [0.717, 1.165) is 16.5 Å². The highest BCUT2D eigenvalue weighted by atomic mass is 16.6. The van der Waals surface area contributed by atoms with Gasteiger partial charge in [0.2, 0.25) is 5.91 Å². The molecular formula is C30H43N3O5. The lowest BCUT2D eigenvalue weighted by Gasteiger charge is -2.32. The highest BCUT2D eigenvalue weighted by Crippen LogP contribution is 2.24. The molecule has 208 valence electrons. The lowest BCUT2D eigenvalue weighted by Crippen LogP contribution is -2.52. The molecule has 0 radical (unpaired) electrons. The molecule has 38 heavy (non-hydrogen) atoms. The number of aromatic nitrogens is 1. The number of carbonyl (C=O) groups excluding carboxylic acids is 3. The SMILES string of the molecule is C=CC[C@H](NC(=O)OC(C)(C)C)C(=O)N(CCc1cn(C(=O)OC(C)(C)C)c2ccccc12)[C@H](C)CC=C. The van der Waals surface area contributed by atoms with Gasteiger partial charge in [0.15, 0.2) is 0 Å². The molecule has 0 fully saturated rings. The summed E-state index contributed by atoms with van der Waals surface area (Å²) in [6.45, 7) is 20.7. The van der Waals surface area contributed by atoms with Crippen LogP contribution in [-0.2, 0) is 20.7 Å². The highest BCUT2D eigenvalue weighted by Gasteiger charge is 2.30. The van der Waals surface area contributed by atoms with E-state index in [1.165, 1.54) is 4.57 Å². The summed E-state index contributed by atoms with van der Waals surface area (Å²) >= 11 is 0. The number of hydrogen-bond donors (Lipinski definition) is 1. The van der Waals surface area contributed by atoms with Gasteiger partial charge in [-0.25, -0.2) is 9.59 Å². The summed E-state index contributed by atoms with van der Waals surface area (Å²) in [5.41, 5.74) is 0.331. The fraction of sp³-hybridized carbons (Fsp3) is 0.500. The number of ether oxygens (including phenoxy) is 2. The number of fused-ring (bicyclic) bond motifs is 1. The van der Waals surface area contributed by atoms with Crippen molar-refractivity contribution in [1.29, 1.82) is 0 Å². The number of nitrogens with zero attached hydrogens (tertiary/aromatic N) is 2. The summed E-state index contributed by atoms with van der Waals surface area (Å²) < 4.78 is 12.5. The van der Waals surface area contributed by atoms with Crippen molar-refractivity contribution in [2.75, 3.05) is 6.54 Å². The van der Waals surface area contributed by atoms with E-state index in [1.54, 1.807) is 44.0 Å². The predicted octanol–water partition coefficient (Wildman–Crippen LogP) is 6.23. The molecule has 2 amide bonds. The van der Waals surface area contributed by atoms with Crippen LogP contribution in [0.5, 0.6) is 0 Å². The van der Waals surface area contributed by atoms with Crippen molar-refractivity contribution in [2.45, 2.75) is 91.0 Å². The molecule has 1 N–H and O–H groups in total. The van der Waals surface area contributed by atoms with Gasteiger partial charge in [0.05, 0.1) is 5.52 Å². The zero-order valence-electron chi connectivity index (χ0n) is 23.9. The van der Waals surface area contributed by atoms with E-state index < -0.39 is 29.4 Å². The molecule has 1 heterocycles. The zero-order valence-corrected chi connectivity index (χ0v) is 23.9. The van der Waals surface area contributed by atoms with E-state index in [0.29, 0.717) is 19.4 Å². The van der Waals surface area contributed by atoms with Gasteiger partial charge in [0.25, 0.3) is 0 Å². The van der Waals surface area contributed by atoms with Crippen LogP contribution < -0.4 is 5.32 Å². The van der Waals surface area contributed by atoms with Crippen molar-refractivity contribution in [3.8, 4) is 0 Å². The van der Waals surface area contributed by atoms with Crippen LogP contribution in [0.2, 0.25) is 0 Å². The van der Waals surface area contributed by atoms with E-state index >= 15 is 0 Å². The lowest BCUT2D eigenvalue weighted by atomic mass is 10.1. The van der Waals surface area contributed by atoms with Gasteiger partial charge in [-0.2, -0.15) is 0 Å². The van der Waals surface area contributed by atoms with Gasteiger partial charge in [-0.05, 0) is 79.4 Å². The Morgan fingerprint density at radius 1 is 1.00 bits per heavy atom. The third-order valence-corrected chi connectivity index (χ3v) is 5.72. The largest absolute Gasteiger partial charge is 0.444 e. The molecule has 1 aromatic carbocycles. The first kappa shape index (κ1) is 30.7. The Bertz CT molecular complexity index is 1150. The topological polar surface area (TPSA) is 89.9 Å². The lowest BCUT2D eigenvalue weighted by molar-refractivity contribution is -0.135. The third kappa shape index (κ3) is 8.78. The number of para-hydroxylation sites is 1. The quantitative estimate of drug-likeness (QED) is 0.372. The molecular weight excluding hydrogens is 482 g/mol. The molecule has 0 spiro atoms. The van der Waals surface area contributed by atoms with Crippen LogP contribution in [0.3, 0.4) is 0 Å². The van der Waals surface area contributed by atoms with E-state index in [2.05, 4.69) is 18.5 Å². The number of rotatable bonds is 10. The number of carbonyl (C=O) groups is 3. The number of amides is 2. The number of nitrogens with one attached hydrogen (secondary N) is 1. The molecule has 0 aliphatic carbocycles. The van der Waals surface area contributed by atoms with Crippen LogP contribution in [0.4, 0.5) is 9.59 Å². The van der Waals surface area contributed by atoms with Crippen molar-refractivity contribution >= 4 is 29.0 Å². The average Bonchev–Trinajstić information content (AvgIpc) is 3.15. The fourth-order valence-corrected chi connectivity index (χ4v) is 4.11. The van der Waals surface area contributed by atoms with Gasteiger partial charge in [0.1, 0.15) is 17.2 Å². The van der Waals surface area contributed by atoms with Crippen LogP contribution in [0.25, 0.3) is 10.9 Å². The van der Waals surface area contributed by atoms with E-state index in [9.17, 15) is 14.4 Å². The Hall–Kier alpha value is -3.55. The van der Waals surface area contributed by atoms with Crippen LogP contribution in [0.15, 0.2) is 55.8 Å². The van der Waals surface area contributed by atoms with Gasteiger partial charge < -0.3 is 19.7 Å². The first-order valence-corrected chi connectivity index (χ1v) is 13.0. The standard InChI is InChI=1S/C30H43N3O5/c1-10-14-21(3)32(26(34)24(15-11-2)31-27(35)37-29(4,5)6)19-18-22-20-33(28(36)38-30(7,8)9)25-17-13-12-16-23(22)25/h10-13,16-17,20-21,24H,1-2,14-15,18-19H2,3-9H3,(H,31,35)/t21-,24+/m1/s1. The second-order valence-corrected chi connectivity index (χ2v) is 11.4. The second kappa shape index (κ2) is 12.8. The minimum absolute atomic E-state index is 0.160. The minimum Gasteiger partial charge on any atom is -0.444 e. The first-order valence-electron chi connectivity index (χ1n) is 13.0. The zero-order chi connectivity index (χ0) is 28.7. The van der Waals surface area contributed by atoms with Crippen LogP contribution in [0, 0.1) is 0 Å². The van der Waals surface area contributed by atoms with Gasteiger partial charge in [-0.15, -0.1) is 13.2 Å².